The third kappa shape index (κ3) is 11.5. The lowest BCUT2D eigenvalue weighted by Gasteiger charge is -2.24. The van der Waals surface area contributed by atoms with E-state index in [9.17, 15) is 0 Å². The first-order valence-corrected chi connectivity index (χ1v) is 22.2. The Labute approximate surface area is 386 Å². The molecule has 0 unspecified atom stereocenters. The van der Waals surface area contributed by atoms with Gasteiger partial charge in [0.15, 0.2) is 0 Å². The van der Waals surface area contributed by atoms with Gasteiger partial charge in [0.05, 0.1) is 56.9 Å². The summed E-state index contributed by atoms with van der Waals surface area (Å²) in [5, 5.41) is 0. The minimum Gasteiger partial charge on any atom is -0.289 e. The molecule has 9 heterocycles. The van der Waals surface area contributed by atoms with Crippen molar-refractivity contribution < 1.29 is 0 Å². The Kier molecular flexibility index (Phi) is 13.5. The molecule has 0 atom stereocenters. The average Bonchev–Trinajstić information content (AvgIpc) is 3.34. The van der Waals surface area contributed by atoms with Crippen LogP contribution in [0.15, 0.2) is 165 Å². The van der Waals surface area contributed by atoms with Gasteiger partial charge in [0.1, 0.15) is 0 Å². The molecule has 11 heteroatoms. The second kappa shape index (κ2) is 20.4. The van der Waals surface area contributed by atoms with Crippen molar-refractivity contribution in [2.45, 2.75) is 67.0 Å². The van der Waals surface area contributed by atoms with E-state index in [4.69, 9.17) is 24.9 Å². The van der Waals surface area contributed by atoms with Gasteiger partial charge in [0.25, 0.3) is 0 Å². The first-order chi connectivity index (χ1) is 32.2. The quantitative estimate of drug-likeness (QED) is 0.0922. The molecule has 0 saturated carbocycles. The van der Waals surface area contributed by atoms with E-state index in [1.165, 1.54) is 0 Å². The van der Waals surface area contributed by atoms with E-state index in [-0.39, 0.29) is 0 Å². The normalized spacial score (nSPS) is 11.4. The fourth-order valence-corrected chi connectivity index (χ4v) is 7.69. The Morgan fingerprint density at radius 3 is 0.727 bits per heavy atom. The van der Waals surface area contributed by atoms with Crippen LogP contribution in [0, 0.1) is 27.7 Å². The van der Waals surface area contributed by atoms with Gasteiger partial charge < -0.3 is 0 Å². The highest BCUT2D eigenvalue weighted by Gasteiger charge is 2.16. The van der Waals surface area contributed by atoms with Crippen LogP contribution in [0.1, 0.15) is 55.9 Å². The van der Waals surface area contributed by atoms with Crippen molar-refractivity contribution in [2.24, 2.45) is 0 Å². The van der Waals surface area contributed by atoms with Crippen molar-refractivity contribution in [2.75, 3.05) is 0 Å². The molecule has 0 aliphatic carbocycles. The zero-order valence-corrected chi connectivity index (χ0v) is 37.8. The van der Waals surface area contributed by atoms with Gasteiger partial charge in [-0.1, -0.05) is 54.6 Å². The maximum Gasteiger partial charge on any atom is 0.0886 e. The summed E-state index contributed by atoms with van der Waals surface area (Å²) in [5.41, 5.74) is 17.6. The highest BCUT2D eigenvalue weighted by molar-refractivity contribution is 5.56. The molecule has 0 bridgehead atoms. The summed E-state index contributed by atoms with van der Waals surface area (Å²) >= 11 is 0. The number of rotatable bonds is 16. The second-order valence-electron chi connectivity index (χ2n) is 17.0. The summed E-state index contributed by atoms with van der Waals surface area (Å²) in [4.78, 5) is 47.7. The van der Waals surface area contributed by atoms with Crippen molar-refractivity contribution in [1.29, 1.82) is 0 Å². The third-order valence-corrected chi connectivity index (χ3v) is 11.3. The molecular weight excluding hydrogens is 815 g/mol. The first-order valence-electron chi connectivity index (χ1n) is 22.2. The van der Waals surface area contributed by atoms with Gasteiger partial charge in [-0.3, -0.25) is 54.7 Å². The summed E-state index contributed by atoms with van der Waals surface area (Å²) in [6.45, 7) is 12.0. The molecule has 9 rings (SSSR count). The molecule has 0 N–H and O–H groups in total. The molecule has 0 radical (unpaired) electrons. The van der Waals surface area contributed by atoms with E-state index >= 15 is 0 Å². The molecule has 11 nitrogen and oxygen atoms in total. The maximum absolute atomic E-state index is 5.28. The highest BCUT2D eigenvalue weighted by atomic mass is 15.1. The van der Waals surface area contributed by atoms with Crippen LogP contribution in [-0.2, 0) is 39.3 Å². The second-order valence-corrected chi connectivity index (χ2v) is 17.0. The van der Waals surface area contributed by atoms with E-state index in [1.54, 1.807) is 0 Å². The molecule has 66 heavy (non-hydrogen) atoms. The van der Waals surface area contributed by atoms with Gasteiger partial charge in [0, 0.05) is 88.8 Å². The average molecular weight is 866 g/mol. The van der Waals surface area contributed by atoms with Gasteiger partial charge in [0.2, 0.25) is 0 Å². The van der Waals surface area contributed by atoms with Crippen LogP contribution in [0.4, 0.5) is 0 Å². The number of pyridine rings is 9. The number of hydrogen-bond acceptors (Lipinski definition) is 11. The lowest BCUT2D eigenvalue weighted by atomic mass is 10.1. The zero-order chi connectivity index (χ0) is 45.2. The van der Waals surface area contributed by atoms with E-state index in [1.807, 2.05) is 102 Å². The van der Waals surface area contributed by atoms with Gasteiger partial charge in [-0.05, 0) is 133 Å². The first kappa shape index (κ1) is 43.5. The van der Waals surface area contributed by atoms with Crippen LogP contribution in [-0.4, -0.2) is 54.7 Å². The van der Waals surface area contributed by atoms with E-state index in [0.29, 0.717) is 39.3 Å². The topological polar surface area (TPSA) is 122 Å². The van der Waals surface area contributed by atoms with Crippen molar-refractivity contribution in [3.63, 3.8) is 0 Å². The van der Waals surface area contributed by atoms with Crippen LogP contribution >= 0.6 is 0 Å². The molecule has 0 aliphatic heterocycles. The standard InChI is InChI=1S/C55H51N11/c1-38-8-16-48(56-24-38)52-20-12-42(28-60-52)32-65(33-43-13-21-53(61-29-43)49-17-9-39(2)25-57-49)36-46-6-5-7-47(64-46)37-66(34-44-14-22-54(62-30-44)50-18-10-40(3)26-58-50)35-45-15-23-55(63-31-45)51-19-11-41(4)27-59-51/h5-31H,32-37H2,1-4H3. The van der Waals surface area contributed by atoms with Crippen molar-refractivity contribution >= 4 is 0 Å². The predicted molar refractivity (Wildman–Crippen MR) is 259 cm³/mol. The molecule has 0 fully saturated rings. The lowest BCUT2D eigenvalue weighted by Crippen LogP contribution is -2.25. The minimum absolute atomic E-state index is 0.618. The third-order valence-electron chi connectivity index (χ3n) is 11.3. The van der Waals surface area contributed by atoms with Crippen molar-refractivity contribution in [1.82, 2.24) is 54.7 Å². The van der Waals surface area contributed by atoms with Crippen molar-refractivity contribution in [3.05, 3.63) is 221 Å². The molecule has 0 amide bonds. The number of nitrogens with zero attached hydrogens (tertiary/aromatic N) is 11. The molecule has 0 spiro atoms. The summed E-state index contributed by atoms with van der Waals surface area (Å²) < 4.78 is 0. The fraction of sp³-hybridized carbons (Fsp3) is 0.182. The molecule has 9 aromatic rings. The van der Waals surface area contributed by atoms with Crippen LogP contribution in [0.2, 0.25) is 0 Å². The fourth-order valence-electron chi connectivity index (χ4n) is 7.69. The number of aromatic nitrogens is 9. The maximum atomic E-state index is 5.28. The van der Waals surface area contributed by atoms with Crippen molar-refractivity contribution in [3.8, 4) is 45.6 Å². The minimum atomic E-state index is 0.618. The Bertz CT molecular complexity index is 2570. The Morgan fingerprint density at radius 1 is 0.273 bits per heavy atom. The van der Waals surface area contributed by atoms with E-state index < -0.39 is 0 Å². The largest absolute Gasteiger partial charge is 0.289 e. The molecule has 9 aromatic heterocycles. The summed E-state index contributed by atoms with van der Waals surface area (Å²) in [7, 11) is 0. The van der Waals surface area contributed by atoms with E-state index in [2.05, 4.69) is 121 Å². The SMILES string of the molecule is Cc1ccc(-c2ccc(CN(Cc3ccc(-c4ccc(C)cn4)nc3)Cc3cccc(CN(Cc4ccc(-c5ccc(C)cn5)nc4)Cc4ccc(-c5ccc(C)cn5)nc4)n3)cn2)nc1. The van der Waals surface area contributed by atoms with Gasteiger partial charge >= 0.3 is 0 Å². The summed E-state index contributed by atoms with van der Waals surface area (Å²) in [5.74, 6) is 0. The number of hydrogen-bond donors (Lipinski definition) is 0. The van der Waals surface area contributed by atoms with E-state index in [0.717, 1.165) is 101 Å². The lowest BCUT2D eigenvalue weighted by molar-refractivity contribution is 0.237. The summed E-state index contributed by atoms with van der Waals surface area (Å²) in [6.07, 6.45) is 15.3. The van der Waals surface area contributed by atoms with Crippen LogP contribution in [0.5, 0.6) is 0 Å². The Hall–Kier alpha value is -7.73. The summed E-state index contributed by atoms with van der Waals surface area (Å²) in [6, 6.07) is 39.4. The zero-order valence-electron chi connectivity index (χ0n) is 37.8. The number of aryl methyl sites for hydroxylation is 4. The molecule has 0 aromatic carbocycles. The predicted octanol–water partition coefficient (Wildman–Crippen LogP) is 10.5. The van der Waals surface area contributed by atoms with Gasteiger partial charge in [-0.15, -0.1) is 0 Å². The monoisotopic (exact) mass is 865 g/mol. The van der Waals surface area contributed by atoms with Crippen LogP contribution in [0.25, 0.3) is 45.6 Å². The Balaban J connectivity index is 0.955. The van der Waals surface area contributed by atoms with Gasteiger partial charge in [-0.25, -0.2) is 0 Å². The molecule has 0 saturated heterocycles. The van der Waals surface area contributed by atoms with Crippen LogP contribution in [0.3, 0.4) is 0 Å². The molecular formula is C55H51N11. The smallest absolute Gasteiger partial charge is 0.0886 e. The Morgan fingerprint density at radius 2 is 0.515 bits per heavy atom. The van der Waals surface area contributed by atoms with Gasteiger partial charge in [-0.2, -0.15) is 0 Å². The molecule has 0 aliphatic rings. The molecule has 326 valence electrons. The van der Waals surface area contributed by atoms with Crippen LogP contribution < -0.4 is 0 Å². The highest BCUT2D eigenvalue weighted by Crippen LogP contribution is 2.23.